The van der Waals surface area contributed by atoms with Gasteiger partial charge < -0.3 is 0 Å². The molecule has 0 saturated heterocycles. The van der Waals surface area contributed by atoms with Crippen LogP contribution >= 0.6 is 23.2 Å². The van der Waals surface area contributed by atoms with Crippen LogP contribution in [0, 0.1) is 0 Å². The van der Waals surface area contributed by atoms with Gasteiger partial charge in [0.25, 0.3) is 0 Å². The molecule has 0 atom stereocenters. The predicted molar refractivity (Wildman–Crippen MR) is 55.6 cm³/mol. The van der Waals surface area contributed by atoms with E-state index in [4.69, 9.17) is 23.2 Å². The summed E-state index contributed by atoms with van der Waals surface area (Å²) in [6.07, 6.45) is -4.41. The third kappa shape index (κ3) is 2.79. The molecule has 1 aromatic rings. The van der Waals surface area contributed by atoms with Crippen LogP contribution < -0.4 is 0 Å². The molecule has 0 radical (unpaired) electrons. The van der Waals surface area contributed by atoms with E-state index in [1.54, 1.807) is 0 Å². The van der Waals surface area contributed by atoms with E-state index in [0.717, 1.165) is 12.1 Å². The molecule has 0 fully saturated rings. The Labute approximate surface area is 96.0 Å². The quantitative estimate of drug-likeness (QED) is 0.653. The highest BCUT2D eigenvalue weighted by Crippen LogP contribution is 2.38. The van der Waals surface area contributed by atoms with Gasteiger partial charge in [-0.1, -0.05) is 37.0 Å². The number of alkyl halides is 3. The highest BCUT2D eigenvalue weighted by atomic mass is 35.5. The number of rotatable bonds is 1. The molecule has 0 heterocycles. The van der Waals surface area contributed by atoms with Crippen molar-refractivity contribution in [2.45, 2.75) is 25.9 Å². The molecule has 0 N–H and O–H groups in total. The van der Waals surface area contributed by atoms with Gasteiger partial charge in [0, 0.05) is 10.0 Å². The lowest BCUT2D eigenvalue weighted by molar-refractivity contribution is -0.137. The van der Waals surface area contributed by atoms with Gasteiger partial charge in [-0.25, -0.2) is 0 Å². The van der Waals surface area contributed by atoms with E-state index in [1.165, 1.54) is 0 Å². The fraction of sp³-hybridized carbons (Fsp3) is 0.400. The maximum absolute atomic E-state index is 12.4. The molecule has 0 unspecified atom stereocenters. The van der Waals surface area contributed by atoms with Crippen molar-refractivity contribution in [1.29, 1.82) is 0 Å². The predicted octanol–water partition coefficient (Wildman–Crippen LogP) is 5.14. The van der Waals surface area contributed by atoms with E-state index < -0.39 is 11.7 Å². The molecular formula is C10H9Cl2F3. The Balaban J connectivity index is 3.32. The zero-order chi connectivity index (χ0) is 11.8. The summed E-state index contributed by atoms with van der Waals surface area (Å²) >= 11 is 11.5. The van der Waals surface area contributed by atoms with Crippen LogP contribution in [0.5, 0.6) is 0 Å². The monoisotopic (exact) mass is 256 g/mol. The Morgan fingerprint density at radius 1 is 1.07 bits per heavy atom. The Kier molecular flexibility index (Phi) is 3.56. The molecule has 0 nitrogen and oxygen atoms in total. The van der Waals surface area contributed by atoms with Gasteiger partial charge in [0.05, 0.1) is 5.56 Å². The second-order valence-corrected chi connectivity index (χ2v) is 4.32. The first-order valence-corrected chi connectivity index (χ1v) is 5.05. The van der Waals surface area contributed by atoms with Gasteiger partial charge in [-0.2, -0.15) is 13.2 Å². The van der Waals surface area contributed by atoms with Crippen LogP contribution in [0.25, 0.3) is 0 Å². The first kappa shape index (κ1) is 12.7. The smallest absolute Gasteiger partial charge is 0.166 e. The molecular weight excluding hydrogens is 248 g/mol. The van der Waals surface area contributed by atoms with E-state index in [1.807, 2.05) is 13.8 Å². The number of hydrogen-bond donors (Lipinski definition) is 0. The fourth-order valence-electron chi connectivity index (χ4n) is 1.30. The van der Waals surface area contributed by atoms with Crippen molar-refractivity contribution in [1.82, 2.24) is 0 Å². The van der Waals surface area contributed by atoms with Crippen molar-refractivity contribution in [3.8, 4) is 0 Å². The largest absolute Gasteiger partial charge is 0.416 e. The van der Waals surface area contributed by atoms with Gasteiger partial charge in [0.1, 0.15) is 0 Å². The van der Waals surface area contributed by atoms with E-state index >= 15 is 0 Å². The molecule has 1 rings (SSSR count). The van der Waals surface area contributed by atoms with Crippen LogP contribution in [0.15, 0.2) is 12.1 Å². The SMILES string of the molecule is CC(C)c1c(Cl)cc(C(F)(F)F)cc1Cl. The zero-order valence-corrected chi connectivity index (χ0v) is 9.63. The third-order valence-corrected chi connectivity index (χ3v) is 2.61. The molecule has 84 valence electrons. The minimum Gasteiger partial charge on any atom is -0.166 e. The summed E-state index contributed by atoms with van der Waals surface area (Å²) in [7, 11) is 0. The minimum atomic E-state index is -4.41. The molecule has 0 bridgehead atoms. The lowest BCUT2D eigenvalue weighted by atomic mass is 10.0. The molecule has 0 aliphatic heterocycles. The van der Waals surface area contributed by atoms with Gasteiger partial charge in [0.2, 0.25) is 0 Å². The maximum Gasteiger partial charge on any atom is 0.416 e. The summed E-state index contributed by atoms with van der Waals surface area (Å²) in [5.74, 6) is -0.00714. The summed E-state index contributed by atoms with van der Waals surface area (Å²) in [4.78, 5) is 0. The van der Waals surface area contributed by atoms with Crippen LogP contribution in [0.3, 0.4) is 0 Å². The van der Waals surface area contributed by atoms with Crippen LogP contribution in [-0.2, 0) is 6.18 Å². The average molecular weight is 257 g/mol. The standard InChI is InChI=1S/C10H9Cl2F3/c1-5(2)9-7(11)3-6(4-8(9)12)10(13,14)15/h3-5H,1-2H3. The van der Waals surface area contributed by atoms with Crippen LogP contribution in [0.1, 0.15) is 30.9 Å². The highest BCUT2D eigenvalue weighted by Gasteiger charge is 2.32. The van der Waals surface area contributed by atoms with Gasteiger partial charge in [-0.05, 0) is 23.6 Å². The third-order valence-electron chi connectivity index (χ3n) is 1.98. The van der Waals surface area contributed by atoms with E-state index in [9.17, 15) is 13.2 Å². The number of halogens is 5. The van der Waals surface area contributed by atoms with Crippen molar-refractivity contribution in [3.63, 3.8) is 0 Å². The van der Waals surface area contributed by atoms with Crippen LogP contribution in [-0.4, -0.2) is 0 Å². The zero-order valence-electron chi connectivity index (χ0n) is 8.12. The fourth-order valence-corrected chi connectivity index (χ4v) is 2.22. The van der Waals surface area contributed by atoms with E-state index in [-0.39, 0.29) is 16.0 Å². The summed E-state index contributed by atoms with van der Waals surface area (Å²) < 4.78 is 37.1. The van der Waals surface area contributed by atoms with Gasteiger partial charge in [-0.15, -0.1) is 0 Å². The first-order valence-electron chi connectivity index (χ1n) is 4.29. The van der Waals surface area contributed by atoms with E-state index in [2.05, 4.69) is 0 Å². The molecule has 0 saturated carbocycles. The Morgan fingerprint density at radius 3 is 1.73 bits per heavy atom. The molecule has 0 aliphatic carbocycles. The topological polar surface area (TPSA) is 0 Å². The van der Waals surface area contributed by atoms with Crippen LogP contribution in [0.2, 0.25) is 10.0 Å². The lowest BCUT2D eigenvalue weighted by Gasteiger charge is -2.14. The maximum atomic E-state index is 12.4. The van der Waals surface area contributed by atoms with Crippen molar-refractivity contribution in [2.24, 2.45) is 0 Å². The molecule has 0 aromatic heterocycles. The average Bonchev–Trinajstić information content (AvgIpc) is 1.99. The van der Waals surface area contributed by atoms with Gasteiger partial charge >= 0.3 is 6.18 Å². The van der Waals surface area contributed by atoms with E-state index in [0.29, 0.717) is 5.56 Å². The molecule has 5 heteroatoms. The highest BCUT2D eigenvalue weighted by molar-refractivity contribution is 6.36. The van der Waals surface area contributed by atoms with Crippen molar-refractivity contribution in [2.75, 3.05) is 0 Å². The Morgan fingerprint density at radius 2 is 1.47 bits per heavy atom. The normalized spacial score (nSPS) is 12.3. The first-order chi connectivity index (χ1) is 6.73. The Bertz CT molecular complexity index is 346. The van der Waals surface area contributed by atoms with Crippen LogP contribution in [0.4, 0.5) is 13.2 Å². The molecule has 0 spiro atoms. The summed E-state index contributed by atoms with van der Waals surface area (Å²) in [5.41, 5.74) is -0.270. The number of benzene rings is 1. The van der Waals surface area contributed by atoms with Gasteiger partial charge in [-0.3, -0.25) is 0 Å². The van der Waals surface area contributed by atoms with Crippen molar-refractivity contribution < 1.29 is 13.2 Å². The summed E-state index contributed by atoms with van der Waals surface area (Å²) in [5, 5.41) is 0.120. The van der Waals surface area contributed by atoms with Gasteiger partial charge in [0.15, 0.2) is 0 Å². The molecule has 0 amide bonds. The summed E-state index contributed by atoms with van der Waals surface area (Å²) in [6, 6.07) is 1.81. The lowest BCUT2D eigenvalue weighted by Crippen LogP contribution is -2.06. The molecule has 1 aromatic carbocycles. The second-order valence-electron chi connectivity index (χ2n) is 3.51. The second kappa shape index (κ2) is 4.22. The summed E-state index contributed by atoms with van der Waals surface area (Å²) in [6.45, 7) is 3.64. The minimum absolute atomic E-state index is 0.00714. The van der Waals surface area contributed by atoms with Crippen molar-refractivity contribution in [3.05, 3.63) is 33.3 Å². The number of hydrogen-bond acceptors (Lipinski definition) is 0. The molecule has 15 heavy (non-hydrogen) atoms. The Hall–Kier alpha value is -0.410. The molecule has 0 aliphatic rings. The van der Waals surface area contributed by atoms with Crippen molar-refractivity contribution >= 4 is 23.2 Å².